The number of hydrogen-bond acceptors (Lipinski definition) is 4. The van der Waals surface area contributed by atoms with E-state index in [0.29, 0.717) is 17.5 Å². The third-order valence-electron chi connectivity index (χ3n) is 11.1. The Bertz CT molecular complexity index is 3320. The Morgan fingerprint density at radius 1 is 0.254 bits per heavy atom. The first-order chi connectivity index (χ1) is 29.2. The molecule has 0 aliphatic rings. The van der Waals surface area contributed by atoms with Crippen molar-refractivity contribution in [3.63, 3.8) is 0 Å². The molecule has 2 heterocycles. The van der Waals surface area contributed by atoms with E-state index in [1.165, 1.54) is 47.6 Å². The minimum absolute atomic E-state index is 0.624. The number of aromatic nitrogens is 3. The van der Waals surface area contributed by atoms with Gasteiger partial charge in [-0.25, -0.2) is 15.0 Å². The van der Waals surface area contributed by atoms with E-state index in [2.05, 4.69) is 200 Å². The van der Waals surface area contributed by atoms with Crippen LogP contribution in [0, 0.1) is 0 Å². The van der Waals surface area contributed by atoms with Gasteiger partial charge in [0, 0.05) is 36.9 Å². The summed E-state index contributed by atoms with van der Waals surface area (Å²) in [6, 6.07) is 75.3. The van der Waals surface area contributed by atoms with Crippen LogP contribution in [0.1, 0.15) is 0 Å². The number of thiophene rings is 1. The molecular formula is C55H35N3S. The molecule has 0 saturated heterocycles. The van der Waals surface area contributed by atoms with Crippen molar-refractivity contribution in [2.24, 2.45) is 0 Å². The third-order valence-corrected chi connectivity index (χ3v) is 12.3. The maximum absolute atomic E-state index is 5.19. The molecule has 3 nitrogen and oxygen atoms in total. The highest BCUT2D eigenvalue weighted by atomic mass is 32.1. The molecule has 0 aliphatic carbocycles. The highest BCUT2D eigenvalue weighted by molar-refractivity contribution is 7.25. The minimum Gasteiger partial charge on any atom is -0.208 e. The molecule has 0 unspecified atom stereocenters. The third kappa shape index (κ3) is 6.56. The van der Waals surface area contributed by atoms with Gasteiger partial charge < -0.3 is 0 Å². The lowest BCUT2D eigenvalue weighted by Crippen LogP contribution is -2.01. The molecule has 11 aromatic rings. The first-order valence-electron chi connectivity index (χ1n) is 19.8. The van der Waals surface area contributed by atoms with Crippen LogP contribution in [-0.2, 0) is 0 Å². The van der Waals surface area contributed by atoms with E-state index in [1.54, 1.807) is 0 Å². The zero-order valence-electron chi connectivity index (χ0n) is 32.0. The summed E-state index contributed by atoms with van der Waals surface area (Å²) >= 11 is 1.85. The van der Waals surface area contributed by atoms with E-state index in [0.717, 1.165) is 44.5 Å². The van der Waals surface area contributed by atoms with Gasteiger partial charge in [-0.15, -0.1) is 11.3 Å². The van der Waals surface area contributed by atoms with Crippen LogP contribution in [0.3, 0.4) is 0 Å². The molecule has 0 amide bonds. The molecule has 0 atom stereocenters. The summed E-state index contributed by atoms with van der Waals surface area (Å²) in [6.45, 7) is 0. The summed E-state index contributed by atoms with van der Waals surface area (Å²) in [7, 11) is 0. The van der Waals surface area contributed by atoms with Gasteiger partial charge in [0.05, 0.1) is 0 Å². The fourth-order valence-corrected chi connectivity index (χ4v) is 9.28. The molecule has 9 aromatic carbocycles. The van der Waals surface area contributed by atoms with Crippen LogP contribution in [0.25, 0.3) is 110 Å². The Labute approximate surface area is 346 Å². The average molecular weight is 770 g/mol. The zero-order chi connectivity index (χ0) is 39.1. The van der Waals surface area contributed by atoms with Crippen LogP contribution in [0.2, 0.25) is 0 Å². The van der Waals surface area contributed by atoms with E-state index >= 15 is 0 Å². The van der Waals surface area contributed by atoms with E-state index < -0.39 is 0 Å². The number of benzene rings is 9. The normalized spacial score (nSPS) is 11.4. The topological polar surface area (TPSA) is 38.7 Å². The molecule has 0 fully saturated rings. The number of fused-ring (bicyclic) bond motifs is 4. The summed E-state index contributed by atoms with van der Waals surface area (Å²) in [5.74, 6) is 1.89. The van der Waals surface area contributed by atoms with Crippen molar-refractivity contribution >= 4 is 42.3 Å². The summed E-state index contributed by atoms with van der Waals surface area (Å²) in [4.78, 5) is 15.5. The fraction of sp³-hybridized carbons (Fsp3) is 0. The molecule has 0 spiro atoms. The van der Waals surface area contributed by atoms with Gasteiger partial charge >= 0.3 is 0 Å². The second kappa shape index (κ2) is 14.8. The van der Waals surface area contributed by atoms with Gasteiger partial charge in [0.25, 0.3) is 0 Å². The van der Waals surface area contributed by atoms with Crippen LogP contribution in [0.15, 0.2) is 212 Å². The summed E-state index contributed by atoms with van der Waals surface area (Å²) in [5.41, 5.74) is 12.0. The van der Waals surface area contributed by atoms with Crippen molar-refractivity contribution in [1.29, 1.82) is 0 Å². The first-order valence-corrected chi connectivity index (χ1v) is 20.7. The van der Waals surface area contributed by atoms with Gasteiger partial charge in [-0.1, -0.05) is 176 Å². The van der Waals surface area contributed by atoms with Crippen molar-refractivity contribution in [3.05, 3.63) is 212 Å². The smallest absolute Gasteiger partial charge is 0.164 e. The van der Waals surface area contributed by atoms with Gasteiger partial charge in [0.15, 0.2) is 17.5 Å². The van der Waals surface area contributed by atoms with Crippen molar-refractivity contribution < 1.29 is 0 Å². The second-order valence-corrected chi connectivity index (χ2v) is 15.9. The number of hydrogen-bond donors (Lipinski definition) is 0. The van der Waals surface area contributed by atoms with E-state index in [9.17, 15) is 0 Å². The summed E-state index contributed by atoms with van der Waals surface area (Å²) < 4.78 is 2.63. The Morgan fingerprint density at radius 2 is 0.797 bits per heavy atom. The summed E-state index contributed by atoms with van der Waals surface area (Å²) in [5, 5.41) is 5.03. The lowest BCUT2D eigenvalue weighted by Gasteiger charge is -2.14. The summed E-state index contributed by atoms with van der Waals surface area (Å²) in [6.07, 6.45) is 0. The molecule has 2 aromatic heterocycles. The number of nitrogens with zero attached hydrogens (tertiary/aromatic N) is 3. The average Bonchev–Trinajstić information content (AvgIpc) is 3.70. The van der Waals surface area contributed by atoms with Gasteiger partial charge in [-0.3, -0.25) is 0 Å². The van der Waals surface area contributed by atoms with Crippen molar-refractivity contribution in [1.82, 2.24) is 15.0 Å². The fourth-order valence-electron chi connectivity index (χ4n) is 8.19. The molecule has 0 bridgehead atoms. The Hall–Kier alpha value is -7.53. The maximum atomic E-state index is 5.19. The van der Waals surface area contributed by atoms with Crippen LogP contribution < -0.4 is 0 Å². The second-order valence-electron chi connectivity index (χ2n) is 14.8. The lowest BCUT2D eigenvalue weighted by molar-refractivity contribution is 1.07. The molecule has 0 aliphatic heterocycles. The van der Waals surface area contributed by atoms with E-state index in [-0.39, 0.29) is 0 Å². The number of rotatable bonds is 7. The SMILES string of the molecule is c1ccc(-c2cccc(-c3nc(-c4ccc(-c5cc(-c6ccc7sc8ccccc8c7c6)cc6ccccc56)cc4)nc(-c4ccccc4-c4ccccc4)n3)c2)cc1. The Balaban J connectivity index is 1.03. The molecular weight excluding hydrogens is 735 g/mol. The van der Waals surface area contributed by atoms with Crippen LogP contribution in [0.5, 0.6) is 0 Å². The van der Waals surface area contributed by atoms with Gasteiger partial charge in [-0.2, -0.15) is 0 Å². The molecule has 59 heavy (non-hydrogen) atoms. The van der Waals surface area contributed by atoms with Gasteiger partial charge in [-0.05, 0) is 91.7 Å². The monoisotopic (exact) mass is 769 g/mol. The van der Waals surface area contributed by atoms with E-state index in [1.807, 2.05) is 23.5 Å². The molecule has 0 saturated carbocycles. The van der Waals surface area contributed by atoms with Crippen LogP contribution in [-0.4, -0.2) is 15.0 Å². The first kappa shape index (κ1) is 34.7. The molecule has 0 radical (unpaired) electrons. The van der Waals surface area contributed by atoms with Gasteiger partial charge in [0.2, 0.25) is 0 Å². The Kier molecular flexibility index (Phi) is 8.68. The van der Waals surface area contributed by atoms with Crippen molar-refractivity contribution in [2.75, 3.05) is 0 Å². The predicted molar refractivity (Wildman–Crippen MR) is 248 cm³/mol. The highest BCUT2D eigenvalue weighted by Crippen LogP contribution is 2.40. The van der Waals surface area contributed by atoms with E-state index in [4.69, 9.17) is 15.0 Å². The molecule has 0 N–H and O–H groups in total. The van der Waals surface area contributed by atoms with Crippen molar-refractivity contribution in [2.45, 2.75) is 0 Å². The van der Waals surface area contributed by atoms with Crippen LogP contribution in [0.4, 0.5) is 0 Å². The molecule has 4 heteroatoms. The predicted octanol–water partition coefficient (Wildman–Crippen LogP) is 15.1. The van der Waals surface area contributed by atoms with Crippen molar-refractivity contribution in [3.8, 4) is 78.7 Å². The quantitative estimate of drug-likeness (QED) is 0.162. The standard InChI is InChI=1S/C55H35N3S/c1-3-14-36(15-4-1)40-19-13-20-43(32-40)54-56-53(57-55(58-54)48-24-10-9-21-45(48)37-16-5-2-6-17-37)39-28-26-38(27-29-39)49-35-44(33-42-18-7-8-22-46(42)49)41-30-31-52-50(34-41)47-23-11-12-25-51(47)59-52/h1-35H. The van der Waals surface area contributed by atoms with Crippen LogP contribution >= 0.6 is 11.3 Å². The highest BCUT2D eigenvalue weighted by Gasteiger charge is 2.17. The maximum Gasteiger partial charge on any atom is 0.164 e. The zero-order valence-corrected chi connectivity index (χ0v) is 32.8. The van der Waals surface area contributed by atoms with Gasteiger partial charge in [0.1, 0.15) is 0 Å². The lowest BCUT2D eigenvalue weighted by atomic mass is 9.92. The minimum atomic E-state index is 0.624. The molecule has 11 rings (SSSR count). The molecule has 276 valence electrons. The Morgan fingerprint density at radius 3 is 1.61 bits per heavy atom. The largest absolute Gasteiger partial charge is 0.208 e.